The molecular weight excluding hydrogens is 432 g/mol. The maximum Gasteiger partial charge on any atom is 0.337 e. The number of cyclic esters (lactones) is 1. The summed E-state index contributed by atoms with van der Waals surface area (Å²) in [5, 5.41) is 0. The Hall–Kier alpha value is -0.133. The molecular formula is C23H39BrO3Si. The van der Waals surface area contributed by atoms with Gasteiger partial charge in [-0.2, -0.15) is 0 Å². The second-order valence-corrected chi connectivity index (χ2v) is 15.9. The van der Waals surface area contributed by atoms with Crippen LogP contribution in [-0.2, 0) is 14.0 Å². The van der Waals surface area contributed by atoms with Crippen LogP contribution in [-0.4, -0.2) is 26.0 Å². The third-order valence-electron chi connectivity index (χ3n) is 7.66. The lowest BCUT2D eigenvalue weighted by Crippen LogP contribution is -2.43. The third kappa shape index (κ3) is 4.46. The lowest BCUT2D eigenvalue weighted by atomic mass is 9.61. The second-order valence-electron chi connectivity index (χ2n) is 11.0. The van der Waals surface area contributed by atoms with Gasteiger partial charge >= 0.3 is 5.97 Å². The first-order chi connectivity index (χ1) is 13.0. The number of hydrogen-bond donors (Lipinski definition) is 0. The summed E-state index contributed by atoms with van der Waals surface area (Å²) < 4.78 is 11.9. The highest BCUT2D eigenvalue weighted by molar-refractivity contribution is 9.11. The highest BCUT2D eigenvalue weighted by atomic mass is 79.9. The van der Waals surface area contributed by atoms with Gasteiger partial charge < -0.3 is 9.16 Å². The zero-order chi connectivity index (χ0) is 20.7. The summed E-state index contributed by atoms with van der Waals surface area (Å²) in [4.78, 5) is 14.7. The van der Waals surface area contributed by atoms with E-state index in [2.05, 4.69) is 54.4 Å². The minimum Gasteiger partial charge on any atom is -0.460 e. The molecule has 2 saturated carbocycles. The molecule has 28 heavy (non-hydrogen) atoms. The first kappa shape index (κ1) is 22.5. The number of ether oxygens (including phenoxy) is 1. The van der Waals surface area contributed by atoms with E-state index in [4.69, 9.17) is 9.16 Å². The fourth-order valence-corrected chi connectivity index (χ4v) is 8.62. The number of fused-ring (bicyclic) bond motifs is 1. The molecule has 0 spiro atoms. The van der Waals surface area contributed by atoms with Gasteiger partial charge in [-0.05, 0) is 99.7 Å². The van der Waals surface area contributed by atoms with Crippen LogP contribution in [0.1, 0.15) is 72.1 Å². The number of allylic oxidation sites excluding steroid dienone is 1. The van der Waals surface area contributed by atoms with Crippen molar-refractivity contribution < 1.29 is 14.0 Å². The number of carbonyl (C=O) groups excluding carboxylic acids is 1. The van der Waals surface area contributed by atoms with Crippen LogP contribution in [0, 0.1) is 23.2 Å². The van der Waals surface area contributed by atoms with E-state index in [9.17, 15) is 4.79 Å². The predicted molar refractivity (Wildman–Crippen MR) is 121 cm³/mol. The van der Waals surface area contributed by atoms with Crippen molar-refractivity contribution in [1.29, 1.82) is 0 Å². The minimum atomic E-state index is -1.78. The van der Waals surface area contributed by atoms with Crippen LogP contribution >= 0.6 is 15.9 Å². The number of hydrogen-bond acceptors (Lipinski definition) is 3. The SMILES string of the molecule is C[C@H](CC[C@@H]1C[C@@](C)(O[Si](C)(C)C)C(=O)O1)[C@H]1CC[C@H]2/C(=C/Br)CCC[C@]12C. The summed E-state index contributed by atoms with van der Waals surface area (Å²) in [5.41, 5.74) is 1.34. The van der Waals surface area contributed by atoms with E-state index in [-0.39, 0.29) is 12.1 Å². The van der Waals surface area contributed by atoms with E-state index in [0.717, 1.165) is 24.7 Å². The van der Waals surface area contributed by atoms with Crippen molar-refractivity contribution in [3.05, 3.63) is 10.6 Å². The maximum atomic E-state index is 12.5. The second kappa shape index (κ2) is 8.18. The van der Waals surface area contributed by atoms with Crippen molar-refractivity contribution in [1.82, 2.24) is 0 Å². The third-order valence-corrected chi connectivity index (χ3v) is 9.31. The van der Waals surface area contributed by atoms with E-state index < -0.39 is 13.9 Å². The topological polar surface area (TPSA) is 35.5 Å². The monoisotopic (exact) mass is 470 g/mol. The van der Waals surface area contributed by atoms with E-state index in [1.54, 1.807) is 5.57 Å². The lowest BCUT2D eigenvalue weighted by molar-refractivity contribution is -0.152. The number of rotatable bonds is 6. The van der Waals surface area contributed by atoms with Crippen LogP contribution in [0.15, 0.2) is 10.6 Å². The standard InChI is InChI=1S/C23H39BrO3Si/c1-16(19-11-12-20-17(15-24)8-7-13-22(19,20)2)9-10-18-14-23(3,21(25)26-18)27-28(4,5)6/h15-16,18-20H,7-14H2,1-6H3/b17-15+/t16-,18-,19-,20+,22-,23-/m1/s1. The average molecular weight is 472 g/mol. The van der Waals surface area contributed by atoms with Gasteiger partial charge in [0.15, 0.2) is 13.9 Å². The van der Waals surface area contributed by atoms with Crippen molar-refractivity contribution in [3.8, 4) is 0 Å². The van der Waals surface area contributed by atoms with Gasteiger partial charge in [0.2, 0.25) is 0 Å². The molecule has 1 aliphatic heterocycles. The number of esters is 1. The highest BCUT2D eigenvalue weighted by Gasteiger charge is 2.51. The number of halogens is 1. The molecule has 3 nitrogen and oxygen atoms in total. The fraction of sp³-hybridized carbons (Fsp3) is 0.870. The van der Waals surface area contributed by atoms with Crippen molar-refractivity contribution in [2.75, 3.05) is 0 Å². The Balaban J connectivity index is 1.58. The molecule has 160 valence electrons. The predicted octanol–water partition coefficient (Wildman–Crippen LogP) is 6.82. The molecule has 0 radical (unpaired) electrons. The summed E-state index contributed by atoms with van der Waals surface area (Å²) >= 11 is 3.62. The van der Waals surface area contributed by atoms with Gasteiger partial charge in [-0.1, -0.05) is 35.4 Å². The first-order valence-electron chi connectivity index (χ1n) is 11.2. The molecule has 0 N–H and O–H groups in total. The Morgan fingerprint density at radius 3 is 2.68 bits per heavy atom. The van der Waals surface area contributed by atoms with Crippen molar-refractivity contribution >= 4 is 30.2 Å². The van der Waals surface area contributed by atoms with E-state index in [0.29, 0.717) is 17.8 Å². The smallest absolute Gasteiger partial charge is 0.337 e. The van der Waals surface area contributed by atoms with Crippen LogP contribution in [0.3, 0.4) is 0 Å². The van der Waals surface area contributed by atoms with Crippen LogP contribution < -0.4 is 0 Å². The first-order valence-corrected chi connectivity index (χ1v) is 15.5. The molecule has 3 rings (SSSR count). The van der Waals surface area contributed by atoms with Crippen molar-refractivity contribution in [2.45, 2.75) is 103 Å². The maximum absolute atomic E-state index is 12.5. The van der Waals surface area contributed by atoms with E-state index in [1.165, 1.54) is 32.1 Å². The van der Waals surface area contributed by atoms with Gasteiger partial charge in [0.25, 0.3) is 0 Å². The van der Waals surface area contributed by atoms with Gasteiger partial charge in [0.1, 0.15) is 6.10 Å². The number of carbonyl (C=O) groups is 1. The molecule has 0 amide bonds. The van der Waals surface area contributed by atoms with Crippen LogP contribution in [0.5, 0.6) is 0 Å². The Labute approximate surface area is 181 Å². The molecule has 3 fully saturated rings. The molecule has 0 aromatic carbocycles. The summed E-state index contributed by atoms with van der Waals surface area (Å²) in [6.45, 7) is 13.3. The molecule has 0 aromatic heterocycles. The fourth-order valence-electron chi connectivity index (χ4n) is 6.55. The Bertz CT molecular complexity index is 628. The highest BCUT2D eigenvalue weighted by Crippen LogP contribution is 2.60. The molecule has 0 unspecified atom stereocenters. The molecule has 6 atom stereocenters. The van der Waals surface area contributed by atoms with Crippen molar-refractivity contribution in [3.63, 3.8) is 0 Å². The van der Waals surface area contributed by atoms with Gasteiger partial charge in [0, 0.05) is 6.42 Å². The Morgan fingerprint density at radius 2 is 2.04 bits per heavy atom. The zero-order valence-corrected chi connectivity index (χ0v) is 21.2. The van der Waals surface area contributed by atoms with E-state index >= 15 is 0 Å². The van der Waals surface area contributed by atoms with Gasteiger partial charge in [0.05, 0.1) is 0 Å². The van der Waals surface area contributed by atoms with Crippen LogP contribution in [0.2, 0.25) is 19.6 Å². The normalized spacial score (nSPS) is 41.2. The van der Waals surface area contributed by atoms with Gasteiger partial charge in [-0.15, -0.1) is 0 Å². The summed E-state index contributed by atoms with van der Waals surface area (Å²) in [7, 11) is -1.78. The molecule has 1 saturated heterocycles. The lowest BCUT2D eigenvalue weighted by Gasteiger charge is -2.44. The molecule has 0 aromatic rings. The minimum absolute atomic E-state index is 0.0191. The van der Waals surface area contributed by atoms with Crippen LogP contribution in [0.25, 0.3) is 0 Å². The van der Waals surface area contributed by atoms with Gasteiger partial charge in [-0.25, -0.2) is 4.79 Å². The molecule has 1 heterocycles. The zero-order valence-electron chi connectivity index (χ0n) is 18.6. The molecule has 2 aliphatic carbocycles. The van der Waals surface area contributed by atoms with Crippen molar-refractivity contribution in [2.24, 2.45) is 23.2 Å². The summed E-state index contributed by atoms with van der Waals surface area (Å²) in [6, 6.07) is 0. The quantitative estimate of drug-likeness (QED) is 0.315. The largest absolute Gasteiger partial charge is 0.460 e. The van der Waals surface area contributed by atoms with Crippen LogP contribution in [0.4, 0.5) is 0 Å². The molecule has 0 bridgehead atoms. The molecule has 5 heteroatoms. The van der Waals surface area contributed by atoms with Gasteiger partial charge in [-0.3, -0.25) is 0 Å². The molecule has 3 aliphatic rings. The average Bonchev–Trinajstić information content (AvgIpc) is 3.07. The Kier molecular flexibility index (Phi) is 6.59. The van der Waals surface area contributed by atoms with E-state index in [1.807, 2.05) is 6.92 Å². The summed E-state index contributed by atoms with van der Waals surface area (Å²) in [6.07, 6.45) is 9.46. The summed E-state index contributed by atoms with van der Waals surface area (Å²) in [5.74, 6) is 2.06. The Morgan fingerprint density at radius 1 is 1.32 bits per heavy atom.